The van der Waals surface area contributed by atoms with E-state index in [0.29, 0.717) is 16.7 Å². The Morgan fingerprint density at radius 1 is 1.13 bits per heavy atom. The van der Waals surface area contributed by atoms with Crippen LogP contribution in [0, 0.1) is 46.3 Å². The molecule has 0 radical (unpaired) electrons. The lowest BCUT2D eigenvalue weighted by molar-refractivity contribution is -0.148. The van der Waals surface area contributed by atoms with Gasteiger partial charge in [-0.05, 0) is 97.7 Å². The van der Waals surface area contributed by atoms with E-state index in [2.05, 4.69) is 52.8 Å². The summed E-state index contributed by atoms with van der Waals surface area (Å²) in [6, 6.07) is 0. The zero-order chi connectivity index (χ0) is 22.4. The predicted octanol–water partition coefficient (Wildman–Crippen LogP) is 7.74. The summed E-state index contributed by atoms with van der Waals surface area (Å²) in [4.78, 5) is 11.5. The van der Waals surface area contributed by atoms with Crippen molar-refractivity contribution in [2.75, 3.05) is 0 Å². The van der Waals surface area contributed by atoms with Gasteiger partial charge in [0, 0.05) is 13.3 Å². The van der Waals surface area contributed by atoms with Crippen LogP contribution in [0.4, 0.5) is 0 Å². The van der Waals surface area contributed by atoms with Gasteiger partial charge in [-0.15, -0.1) is 0 Å². The van der Waals surface area contributed by atoms with E-state index >= 15 is 0 Å². The predicted molar refractivity (Wildman–Crippen MR) is 129 cm³/mol. The van der Waals surface area contributed by atoms with Crippen molar-refractivity contribution < 1.29 is 9.53 Å². The average molecular weight is 427 g/mol. The molecule has 0 saturated heterocycles. The van der Waals surface area contributed by atoms with Crippen molar-refractivity contribution >= 4 is 5.97 Å². The van der Waals surface area contributed by atoms with Crippen molar-refractivity contribution in [2.45, 2.75) is 105 Å². The van der Waals surface area contributed by atoms with E-state index in [1.54, 1.807) is 12.5 Å². The molecule has 31 heavy (non-hydrogen) atoms. The second-order valence-electron chi connectivity index (χ2n) is 12.3. The van der Waals surface area contributed by atoms with Gasteiger partial charge in [0.25, 0.3) is 0 Å². The highest BCUT2D eigenvalue weighted by atomic mass is 16.5. The minimum absolute atomic E-state index is 0.109. The highest BCUT2D eigenvalue weighted by molar-refractivity contribution is 5.66. The molecule has 0 aromatic carbocycles. The Labute approximate surface area is 191 Å². The van der Waals surface area contributed by atoms with Gasteiger partial charge in [0.2, 0.25) is 0 Å². The quantitative estimate of drug-likeness (QED) is 0.332. The molecule has 4 aliphatic carbocycles. The molecular weight excluding hydrogens is 380 g/mol. The van der Waals surface area contributed by atoms with Crippen LogP contribution < -0.4 is 0 Å². The minimum Gasteiger partial charge on any atom is -0.462 e. The Hall–Kier alpha value is -1.05. The average Bonchev–Trinajstić information content (AvgIpc) is 3.05. The van der Waals surface area contributed by atoms with E-state index in [4.69, 9.17) is 4.74 Å². The van der Waals surface area contributed by atoms with Gasteiger partial charge < -0.3 is 4.74 Å². The number of esters is 1. The summed E-state index contributed by atoms with van der Waals surface area (Å²) in [6.07, 6.45) is 19.0. The molecule has 8 atom stereocenters. The Morgan fingerprint density at radius 2 is 1.90 bits per heavy atom. The van der Waals surface area contributed by atoms with Crippen LogP contribution in [-0.2, 0) is 9.53 Å². The largest absolute Gasteiger partial charge is 0.462 e. The first-order valence-corrected chi connectivity index (χ1v) is 13.2. The number of carbonyl (C=O) groups excluding carboxylic acids is 1. The monoisotopic (exact) mass is 426 g/mol. The molecule has 174 valence electrons. The summed E-state index contributed by atoms with van der Waals surface area (Å²) >= 11 is 0. The first-order chi connectivity index (χ1) is 14.6. The molecule has 0 bridgehead atoms. The van der Waals surface area contributed by atoms with Gasteiger partial charge >= 0.3 is 5.97 Å². The van der Waals surface area contributed by atoms with E-state index in [9.17, 15) is 4.79 Å². The third-order valence-corrected chi connectivity index (χ3v) is 10.2. The van der Waals surface area contributed by atoms with Crippen LogP contribution in [0.1, 0.15) is 99.3 Å². The van der Waals surface area contributed by atoms with Crippen molar-refractivity contribution in [1.82, 2.24) is 0 Å². The lowest BCUT2D eigenvalue weighted by Crippen LogP contribution is -2.51. The SMILES string of the molecule is CC(=O)O[C@H]1CC[C@@]2(C)C(=CC[C@H]3[C@@H]4CC[C@H]([C@H](C)C/C=C/C(C)C)[C@@]4(C)CC[C@@H]32)C1. The standard InChI is InChI=1S/C29H46O2/c1-19(2)8-7-9-20(3)25-12-13-26-24-11-10-22-18-23(31-21(4)30)14-16-28(22,5)27(24)15-17-29(25,26)6/h7-8,10,19-20,23-27H,9,11-18H2,1-6H3/b8-7+/t20-,23+,24+,25-,26+,27+,28+,29-/m1/s1. The summed E-state index contributed by atoms with van der Waals surface area (Å²) < 4.78 is 5.61. The van der Waals surface area contributed by atoms with Crippen molar-refractivity contribution in [3.05, 3.63) is 23.8 Å². The molecular formula is C29H46O2. The molecule has 0 spiro atoms. The number of fused-ring (bicyclic) bond motifs is 5. The molecule has 0 aromatic heterocycles. The fourth-order valence-electron chi connectivity index (χ4n) is 8.67. The van der Waals surface area contributed by atoms with Gasteiger partial charge in [-0.25, -0.2) is 0 Å². The van der Waals surface area contributed by atoms with Crippen molar-refractivity contribution in [2.24, 2.45) is 46.3 Å². The molecule has 0 unspecified atom stereocenters. The highest BCUT2D eigenvalue weighted by Gasteiger charge is 2.59. The number of carbonyl (C=O) groups is 1. The van der Waals surface area contributed by atoms with Crippen molar-refractivity contribution in [3.63, 3.8) is 0 Å². The first-order valence-electron chi connectivity index (χ1n) is 13.2. The third kappa shape index (κ3) is 4.18. The number of hydrogen-bond donors (Lipinski definition) is 0. The molecule has 4 rings (SSSR count). The first kappa shape index (κ1) is 23.1. The maximum atomic E-state index is 11.5. The topological polar surface area (TPSA) is 26.3 Å². The number of rotatable bonds is 5. The fourth-order valence-corrected chi connectivity index (χ4v) is 8.67. The number of allylic oxidation sites excluding steroid dienone is 3. The van der Waals surface area contributed by atoms with E-state index in [0.717, 1.165) is 42.4 Å². The van der Waals surface area contributed by atoms with Gasteiger partial charge in [-0.3, -0.25) is 4.79 Å². The van der Waals surface area contributed by atoms with E-state index in [1.165, 1.54) is 44.9 Å². The summed E-state index contributed by atoms with van der Waals surface area (Å²) in [5.74, 6) is 4.81. The number of ether oxygens (including phenoxy) is 1. The molecule has 0 amide bonds. The highest BCUT2D eigenvalue weighted by Crippen LogP contribution is 2.67. The normalized spacial score (nSPS) is 43.2. The van der Waals surface area contributed by atoms with Gasteiger partial charge in [-0.1, -0.05) is 58.4 Å². The maximum absolute atomic E-state index is 11.5. The maximum Gasteiger partial charge on any atom is 0.302 e. The minimum atomic E-state index is -0.120. The van der Waals surface area contributed by atoms with E-state index in [-0.39, 0.29) is 12.1 Å². The van der Waals surface area contributed by atoms with Crippen LogP contribution in [0.5, 0.6) is 0 Å². The molecule has 3 saturated carbocycles. The second kappa shape index (κ2) is 8.71. The lowest BCUT2D eigenvalue weighted by atomic mass is 9.47. The van der Waals surface area contributed by atoms with E-state index < -0.39 is 0 Å². The third-order valence-electron chi connectivity index (χ3n) is 10.2. The molecule has 4 aliphatic rings. The van der Waals surface area contributed by atoms with Crippen LogP contribution in [-0.4, -0.2) is 12.1 Å². The summed E-state index contributed by atoms with van der Waals surface area (Å²) in [7, 11) is 0. The molecule has 3 fully saturated rings. The molecule has 0 heterocycles. The Bertz CT molecular complexity index is 733. The van der Waals surface area contributed by atoms with E-state index in [1.807, 2.05) is 0 Å². The molecule has 0 N–H and O–H groups in total. The molecule has 2 heteroatoms. The Kier molecular flexibility index (Phi) is 6.50. The van der Waals surface area contributed by atoms with Crippen LogP contribution in [0.25, 0.3) is 0 Å². The molecule has 0 aromatic rings. The molecule has 0 aliphatic heterocycles. The van der Waals surface area contributed by atoms with Crippen LogP contribution in [0.15, 0.2) is 23.8 Å². The zero-order valence-corrected chi connectivity index (χ0v) is 21.0. The zero-order valence-electron chi connectivity index (χ0n) is 21.0. The van der Waals surface area contributed by atoms with Crippen molar-refractivity contribution in [3.8, 4) is 0 Å². The summed E-state index contributed by atoms with van der Waals surface area (Å²) in [6.45, 7) is 13.8. The smallest absolute Gasteiger partial charge is 0.302 e. The summed E-state index contributed by atoms with van der Waals surface area (Å²) in [5, 5.41) is 0. The summed E-state index contributed by atoms with van der Waals surface area (Å²) in [5.41, 5.74) is 2.48. The van der Waals surface area contributed by atoms with Gasteiger partial charge in [0.05, 0.1) is 0 Å². The van der Waals surface area contributed by atoms with Gasteiger partial charge in [-0.2, -0.15) is 0 Å². The second-order valence-corrected chi connectivity index (χ2v) is 12.3. The van der Waals surface area contributed by atoms with Gasteiger partial charge in [0.15, 0.2) is 0 Å². The fraction of sp³-hybridized carbons (Fsp3) is 0.828. The Morgan fingerprint density at radius 3 is 2.61 bits per heavy atom. The van der Waals surface area contributed by atoms with Crippen LogP contribution in [0.2, 0.25) is 0 Å². The Balaban J connectivity index is 1.49. The van der Waals surface area contributed by atoms with Crippen LogP contribution >= 0.6 is 0 Å². The van der Waals surface area contributed by atoms with Crippen LogP contribution in [0.3, 0.4) is 0 Å². The molecule has 2 nitrogen and oxygen atoms in total. The van der Waals surface area contributed by atoms with Crippen molar-refractivity contribution in [1.29, 1.82) is 0 Å². The van der Waals surface area contributed by atoms with Gasteiger partial charge in [0.1, 0.15) is 6.10 Å². The lowest BCUT2D eigenvalue weighted by Gasteiger charge is -2.58. The number of hydrogen-bond acceptors (Lipinski definition) is 2.